The third kappa shape index (κ3) is 2.66. The zero-order valence-corrected chi connectivity index (χ0v) is 13.6. The maximum absolute atomic E-state index is 12.7. The standard InChI is InChI=1S/C13H13ClN2O3S2/c1-8-12(20-13(14)15-8)21(18,19)16-5-4-9-2-3-11(17)6-10(9)7-16/h2-3,6,17H,4-5,7H2,1H3. The Bertz CT molecular complexity index is 802. The van der Waals surface area contributed by atoms with Crippen LogP contribution in [0.15, 0.2) is 22.4 Å². The topological polar surface area (TPSA) is 70.5 Å². The van der Waals surface area contributed by atoms with Gasteiger partial charge in [0.2, 0.25) is 0 Å². The Kier molecular flexibility index (Phi) is 3.69. The molecule has 0 amide bonds. The number of aromatic nitrogens is 1. The summed E-state index contributed by atoms with van der Waals surface area (Å²) in [7, 11) is -3.60. The molecule has 0 radical (unpaired) electrons. The lowest BCUT2D eigenvalue weighted by Gasteiger charge is -2.27. The van der Waals surface area contributed by atoms with Gasteiger partial charge in [-0.15, -0.1) is 0 Å². The summed E-state index contributed by atoms with van der Waals surface area (Å²) in [6, 6.07) is 5.07. The number of phenolic OH excluding ortho intramolecular Hbond substituents is 1. The Morgan fingerprint density at radius 3 is 2.81 bits per heavy atom. The summed E-state index contributed by atoms with van der Waals surface area (Å²) in [4.78, 5) is 3.97. The molecule has 2 aromatic rings. The quantitative estimate of drug-likeness (QED) is 0.908. The van der Waals surface area contributed by atoms with Crippen molar-refractivity contribution < 1.29 is 13.5 Å². The number of aryl methyl sites for hydroxylation is 1. The number of fused-ring (bicyclic) bond motifs is 1. The van der Waals surface area contributed by atoms with Gasteiger partial charge >= 0.3 is 0 Å². The number of hydrogen-bond acceptors (Lipinski definition) is 5. The Hall–Kier alpha value is -1.15. The summed E-state index contributed by atoms with van der Waals surface area (Å²) in [5.74, 6) is 0.144. The van der Waals surface area contributed by atoms with Gasteiger partial charge in [-0.3, -0.25) is 0 Å². The molecule has 0 fully saturated rings. The Balaban J connectivity index is 1.97. The summed E-state index contributed by atoms with van der Waals surface area (Å²) in [6.45, 7) is 2.30. The summed E-state index contributed by atoms with van der Waals surface area (Å²) in [6.07, 6.45) is 0.625. The van der Waals surface area contributed by atoms with Gasteiger partial charge < -0.3 is 5.11 Å². The number of hydrogen-bond donors (Lipinski definition) is 1. The highest BCUT2D eigenvalue weighted by molar-refractivity contribution is 7.91. The van der Waals surface area contributed by atoms with Crippen LogP contribution in [-0.4, -0.2) is 29.4 Å². The van der Waals surface area contributed by atoms with E-state index in [4.69, 9.17) is 11.6 Å². The Morgan fingerprint density at radius 2 is 2.14 bits per heavy atom. The van der Waals surface area contributed by atoms with Crippen LogP contribution in [0.1, 0.15) is 16.8 Å². The number of aromatic hydroxyl groups is 1. The van der Waals surface area contributed by atoms with E-state index in [2.05, 4.69) is 4.98 Å². The Morgan fingerprint density at radius 1 is 1.38 bits per heavy atom. The molecule has 2 heterocycles. The number of thiazole rings is 1. The molecule has 112 valence electrons. The second-order valence-corrected chi connectivity index (χ2v) is 8.60. The van der Waals surface area contributed by atoms with E-state index in [0.717, 1.165) is 22.5 Å². The molecule has 0 aliphatic carbocycles. The van der Waals surface area contributed by atoms with E-state index >= 15 is 0 Å². The van der Waals surface area contributed by atoms with Gasteiger partial charge in [0.25, 0.3) is 10.0 Å². The van der Waals surface area contributed by atoms with Crippen molar-refractivity contribution in [3.8, 4) is 5.75 Å². The van der Waals surface area contributed by atoms with Gasteiger partial charge in [-0.1, -0.05) is 29.0 Å². The molecule has 1 aliphatic rings. The van der Waals surface area contributed by atoms with Crippen LogP contribution in [-0.2, 0) is 23.0 Å². The minimum Gasteiger partial charge on any atom is -0.508 e. The molecule has 0 unspecified atom stereocenters. The number of halogens is 1. The highest BCUT2D eigenvalue weighted by atomic mass is 35.5. The predicted molar refractivity (Wildman–Crippen MR) is 81.3 cm³/mol. The predicted octanol–water partition coefficient (Wildman–Crippen LogP) is 2.56. The van der Waals surface area contributed by atoms with Crippen molar-refractivity contribution in [3.05, 3.63) is 39.5 Å². The van der Waals surface area contributed by atoms with Crippen LogP contribution >= 0.6 is 22.9 Å². The molecule has 0 bridgehead atoms. The second-order valence-electron chi connectivity index (χ2n) is 4.88. The molecule has 21 heavy (non-hydrogen) atoms. The molecule has 0 saturated carbocycles. The van der Waals surface area contributed by atoms with E-state index in [9.17, 15) is 13.5 Å². The lowest BCUT2D eigenvalue weighted by Crippen LogP contribution is -2.35. The van der Waals surface area contributed by atoms with Gasteiger partial charge in [0, 0.05) is 13.1 Å². The van der Waals surface area contributed by atoms with Crippen LogP contribution in [0.3, 0.4) is 0 Å². The number of nitrogens with zero attached hydrogens (tertiary/aromatic N) is 2. The molecule has 0 atom stereocenters. The molecule has 1 N–H and O–H groups in total. The summed E-state index contributed by atoms with van der Waals surface area (Å²) in [5.41, 5.74) is 2.32. The maximum atomic E-state index is 12.7. The van der Waals surface area contributed by atoms with Crippen molar-refractivity contribution in [1.82, 2.24) is 9.29 Å². The fourth-order valence-corrected chi connectivity index (χ4v) is 5.72. The first kappa shape index (κ1) is 14.8. The van der Waals surface area contributed by atoms with Gasteiger partial charge in [0.15, 0.2) is 8.68 Å². The number of sulfonamides is 1. The molecule has 3 rings (SSSR count). The first-order valence-corrected chi connectivity index (χ1v) is 8.95. The molecule has 1 aromatic heterocycles. The highest BCUT2D eigenvalue weighted by Gasteiger charge is 2.31. The van der Waals surface area contributed by atoms with Gasteiger partial charge in [-0.2, -0.15) is 4.31 Å². The van der Waals surface area contributed by atoms with Gasteiger partial charge in [0.05, 0.1) is 5.69 Å². The molecule has 5 nitrogen and oxygen atoms in total. The zero-order valence-electron chi connectivity index (χ0n) is 11.2. The largest absolute Gasteiger partial charge is 0.508 e. The monoisotopic (exact) mass is 344 g/mol. The normalized spacial score (nSPS) is 15.9. The number of phenols is 1. The zero-order chi connectivity index (χ0) is 15.2. The van der Waals surface area contributed by atoms with E-state index in [-0.39, 0.29) is 21.0 Å². The average molecular weight is 345 g/mol. The second kappa shape index (κ2) is 5.24. The van der Waals surface area contributed by atoms with Gasteiger partial charge in [0.1, 0.15) is 5.75 Å². The molecule has 8 heteroatoms. The van der Waals surface area contributed by atoms with Crippen LogP contribution in [0, 0.1) is 6.92 Å². The summed E-state index contributed by atoms with van der Waals surface area (Å²) < 4.78 is 27.2. The smallest absolute Gasteiger partial charge is 0.254 e. The minimum atomic E-state index is -3.60. The van der Waals surface area contributed by atoms with Crippen LogP contribution in [0.25, 0.3) is 0 Å². The first-order chi connectivity index (χ1) is 9.88. The SMILES string of the molecule is Cc1nc(Cl)sc1S(=O)(=O)N1CCc2ccc(O)cc2C1. The third-order valence-corrected chi connectivity index (χ3v) is 7.16. The van der Waals surface area contributed by atoms with Crippen molar-refractivity contribution in [3.63, 3.8) is 0 Å². The lowest BCUT2D eigenvalue weighted by atomic mass is 10.0. The molecule has 1 aliphatic heterocycles. The van der Waals surface area contributed by atoms with Gasteiger partial charge in [-0.25, -0.2) is 13.4 Å². The van der Waals surface area contributed by atoms with Crippen molar-refractivity contribution >= 4 is 33.0 Å². The van der Waals surface area contributed by atoms with E-state index in [1.165, 1.54) is 4.31 Å². The van der Waals surface area contributed by atoms with Crippen LogP contribution < -0.4 is 0 Å². The van der Waals surface area contributed by atoms with Gasteiger partial charge in [-0.05, 0) is 36.6 Å². The van der Waals surface area contributed by atoms with E-state index in [0.29, 0.717) is 18.7 Å². The Labute approximate surface area is 131 Å². The minimum absolute atomic E-state index is 0.144. The summed E-state index contributed by atoms with van der Waals surface area (Å²) in [5, 5.41) is 9.55. The summed E-state index contributed by atoms with van der Waals surface area (Å²) >= 11 is 6.78. The maximum Gasteiger partial charge on any atom is 0.254 e. The number of rotatable bonds is 2. The van der Waals surface area contributed by atoms with E-state index in [1.54, 1.807) is 19.1 Å². The van der Waals surface area contributed by atoms with Crippen molar-refractivity contribution in [2.45, 2.75) is 24.1 Å². The third-order valence-electron chi connectivity index (χ3n) is 3.47. The molecule has 0 spiro atoms. The molecule has 0 saturated heterocycles. The first-order valence-electron chi connectivity index (χ1n) is 6.32. The average Bonchev–Trinajstić information content (AvgIpc) is 2.77. The molecule has 1 aromatic carbocycles. The van der Waals surface area contributed by atoms with Crippen molar-refractivity contribution in [2.75, 3.05) is 6.54 Å². The van der Waals surface area contributed by atoms with E-state index in [1.807, 2.05) is 6.07 Å². The lowest BCUT2D eigenvalue weighted by molar-refractivity contribution is 0.389. The molecular weight excluding hydrogens is 332 g/mol. The van der Waals surface area contributed by atoms with Crippen LogP contribution in [0.2, 0.25) is 4.47 Å². The van der Waals surface area contributed by atoms with Crippen molar-refractivity contribution in [2.24, 2.45) is 0 Å². The fraction of sp³-hybridized carbons (Fsp3) is 0.308. The van der Waals surface area contributed by atoms with Crippen LogP contribution in [0.4, 0.5) is 0 Å². The highest BCUT2D eigenvalue weighted by Crippen LogP contribution is 2.32. The van der Waals surface area contributed by atoms with Crippen LogP contribution in [0.5, 0.6) is 5.75 Å². The fourth-order valence-electron chi connectivity index (χ4n) is 2.43. The molecular formula is C13H13ClN2O3S2. The number of benzene rings is 1. The van der Waals surface area contributed by atoms with Crippen molar-refractivity contribution in [1.29, 1.82) is 0 Å². The van der Waals surface area contributed by atoms with E-state index < -0.39 is 10.0 Å².